The number of aromatic nitrogens is 2. The minimum absolute atomic E-state index is 0.0954. The normalized spacial score (nSPS) is 17.7. The SMILES string of the molecule is O=C(NC1CCC(=Cc2cccc(Oc3ccc(C(F)(F)F)cn3)c2)CC1)c1ccc(NC2CC2)nc1. The Kier molecular flexibility index (Phi) is 7.12. The largest absolute Gasteiger partial charge is 0.439 e. The molecule has 9 heteroatoms. The van der Waals surface area contributed by atoms with Crippen molar-refractivity contribution < 1.29 is 22.7 Å². The molecule has 0 radical (unpaired) electrons. The number of benzene rings is 1. The molecule has 0 bridgehead atoms. The van der Waals surface area contributed by atoms with Gasteiger partial charge < -0.3 is 15.4 Å². The van der Waals surface area contributed by atoms with E-state index >= 15 is 0 Å². The lowest BCUT2D eigenvalue weighted by Gasteiger charge is -2.25. The van der Waals surface area contributed by atoms with Crippen molar-refractivity contribution in [1.82, 2.24) is 15.3 Å². The van der Waals surface area contributed by atoms with E-state index in [0.29, 0.717) is 17.4 Å². The van der Waals surface area contributed by atoms with Gasteiger partial charge in [-0.05, 0) is 74.4 Å². The zero-order valence-electron chi connectivity index (χ0n) is 20.1. The average molecular weight is 509 g/mol. The quantitative estimate of drug-likeness (QED) is 0.375. The molecular weight excluding hydrogens is 481 g/mol. The first kappa shape index (κ1) is 24.8. The molecule has 6 nitrogen and oxygen atoms in total. The lowest BCUT2D eigenvalue weighted by Crippen LogP contribution is -2.36. The van der Waals surface area contributed by atoms with Gasteiger partial charge in [0.2, 0.25) is 5.88 Å². The fourth-order valence-electron chi connectivity index (χ4n) is 4.23. The lowest BCUT2D eigenvalue weighted by atomic mass is 9.89. The van der Waals surface area contributed by atoms with E-state index in [-0.39, 0.29) is 17.8 Å². The van der Waals surface area contributed by atoms with Crippen molar-refractivity contribution in [2.75, 3.05) is 5.32 Å². The van der Waals surface area contributed by atoms with Gasteiger partial charge in [0.15, 0.2) is 0 Å². The highest BCUT2D eigenvalue weighted by Crippen LogP contribution is 2.31. The predicted octanol–water partition coefficient (Wildman–Crippen LogP) is 6.62. The number of nitrogens with one attached hydrogen (secondary N) is 2. The van der Waals surface area contributed by atoms with E-state index in [1.54, 1.807) is 18.3 Å². The Hall–Kier alpha value is -3.88. The van der Waals surface area contributed by atoms with Crippen LogP contribution in [0.15, 0.2) is 66.5 Å². The molecule has 0 spiro atoms. The van der Waals surface area contributed by atoms with Crippen molar-refractivity contribution in [2.45, 2.75) is 56.8 Å². The second-order valence-electron chi connectivity index (χ2n) is 9.46. The van der Waals surface area contributed by atoms with Gasteiger partial charge in [0.25, 0.3) is 5.91 Å². The predicted molar refractivity (Wildman–Crippen MR) is 134 cm³/mol. The Labute approximate surface area is 213 Å². The summed E-state index contributed by atoms with van der Waals surface area (Å²) >= 11 is 0. The molecule has 0 unspecified atom stereocenters. The first-order valence-corrected chi connectivity index (χ1v) is 12.4. The van der Waals surface area contributed by atoms with Crippen LogP contribution in [0, 0.1) is 0 Å². The molecule has 0 aliphatic heterocycles. The highest BCUT2D eigenvalue weighted by molar-refractivity contribution is 5.94. The molecule has 2 N–H and O–H groups in total. The molecule has 2 fully saturated rings. The van der Waals surface area contributed by atoms with E-state index < -0.39 is 11.7 Å². The Morgan fingerprint density at radius 3 is 2.41 bits per heavy atom. The minimum atomic E-state index is -4.44. The van der Waals surface area contributed by atoms with Crippen LogP contribution in [0.4, 0.5) is 19.0 Å². The van der Waals surface area contributed by atoms with Crippen LogP contribution in [0.5, 0.6) is 11.6 Å². The standard InChI is InChI=1S/C28H27F3N4O2/c29-28(30,31)21-7-13-26(33-17-21)37-24-3-1-2-19(15-24)14-18-4-8-23(9-5-18)35-27(36)20-6-12-25(32-16-20)34-22-10-11-22/h1-3,6-7,12-17,22-23H,4-5,8-11H2,(H,32,34)(H,35,36). The van der Waals surface area contributed by atoms with E-state index in [0.717, 1.165) is 49.3 Å². The van der Waals surface area contributed by atoms with Gasteiger partial charge in [0, 0.05) is 30.5 Å². The molecule has 2 saturated carbocycles. The van der Waals surface area contributed by atoms with E-state index in [9.17, 15) is 18.0 Å². The maximum Gasteiger partial charge on any atom is 0.417 e. The molecule has 37 heavy (non-hydrogen) atoms. The van der Waals surface area contributed by atoms with Gasteiger partial charge >= 0.3 is 6.18 Å². The first-order chi connectivity index (χ1) is 17.8. The summed E-state index contributed by atoms with van der Waals surface area (Å²) in [6, 6.07) is 13.8. The summed E-state index contributed by atoms with van der Waals surface area (Å²) in [6.45, 7) is 0. The molecule has 0 saturated heterocycles. The summed E-state index contributed by atoms with van der Waals surface area (Å²) in [7, 11) is 0. The number of carbonyl (C=O) groups excluding carboxylic acids is 1. The van der Waals surface area contributed by atoms with Crippen LogP contribution < -0.4 is 15.4 Å². The number of nitrogens with zero attached hydrogens (tertiary/aromatic N) is 2. The number of hydrogen-bond acceptors (Lipinski definition) is 5. The van der Waals surface area contributed by atoms with Gasteiger partial charge in [-0.15, -0.1) is 0 Å². The van der Waals surface area contributed by atoms with Crippen molar-refractivity contribution in [3.63, 3.8) is 0 Å². The maximum absolute atomic E-state index is 12.7. The highest BCUT2D eigenvalue weighted by Gasteiger charge is 2.30. The van der Waals surface area contributed by atoms with E-state index in [2.05, 4.69) is 26.7 Å². The number of rotatable bonds is 7. The van der Waals surface area contributed by atoms with E-state index in [1.165, 1.54) is 24.5 Å². The van der Waals surface area contributed by atoms with Gasteiger partial charge in [-0.3, -0.25) is 4.79 Å². The Balaban J connectivity index is 1.13. The average Bonchev–Trinajstić information content (AvgIpc) is 3.70. The molecule has 3 aromatic rings. The summed E-state index contributed by atoms with van der Waals surface area (Å²) in [5, 5.41) is 6.43. The maximum atomic E-state index is 12.7. The third-order valence-corrected chi connectivity index (χ3v) is 6.43. The van der Waals surface area contributed by atoms with Crippen molar-refractivity contribution in [3.8, 4) is 11.6 Å². The van der Waals surface area contributed by atoms with Crippen LogP contribution in [-0.2, 0) is 6.18 Å². The highest BCUT2D eigenvalue weighted by atomic mass is 19.4. The minimum Gasteiger partial charge on any atom is -0.439 e. The first-order valence-electron chi connectivity index (χ1n) is 12.4. The molecule has 192 valence electrons. The van der Waals surface area contributed by atoms with Crippen LogP contribution >= 0.6 is 0 Å². The molecule has 2 heterocycles. The molecular formula is C28H27F3N4O2. The molecule has 5 rings (SSSR count). The molecule has 0 atom stereocenters. The van der Waals surface area contributed by atoms with Gasteiger partial charge in [-0.2, -0.15) is 13.2 Å². The Morgan fingerprint density at radius 1 is 0.946 bits per heavy atom. The monoisotopic (exact) mass is 508 g/mol. The lowest BCUT2D eigenvalue weighted by molar-refractivity contribution is -0.137. The fourth-order valence-corrected chi connectivity index (χ4v) is 4.23. The van der Waals surface area contributed by atoms with Crippen molar-refractivity contribution >= 4 is 17.8 Å². The van der Waals surface area contributed by atoms with Crippen LogP contribution in [0.25, 0.3) is 6.08 Å². The summed E-state index contributed by atoms with van der Waals surface area (Å²) < 4.78 is 43.8. The second-order valence-corrected chi connectivity index (χ2v) is 9.46. The number of halogens is 3. The van der Waals surface area contributed by atoms with E-state index in [4.69, 9.17) is 4.74 Å². The van der Waals surface area contributed by atoms with Crippen molar-refractivity contribution in [3.05, 3.63) is 83.2 Å². The molecule has 1 amide bonds. The summed E-state index contributed by atoms with van der Waals surface area (Å²) in [4.78, 5) is 20.7. The molecule has 2 aliphatic rings. The van der Waals surface area contributed by atoms with Crippen LogP contribution in [0.1, 0.15) is 60.0 Å². The zero-order valence-corrected chi connectivity index (χ0v) is 20.1. The Bertz CT molecular complexity index is 1260. The van der Waals surface area contributed by atoms with E-state index in [1.807, 2.05) is 24.3 Å². The van der Waals surface area contributed by atoms with Crippen LogP contribution in [-0.4, -0.2) is 28.0 Å². The van der Waals surface area contributed by atoms with Crippen LogP contribution in [0.2, 0.25) is 0 Å². The number of anilines is 1. The van der Waals surface area contributed by atoms with Gasteiger partial charge in [-0.1, -0.05) is 23.8 Å². The van der Waals surface area contributed by atoms with Gasteiger partial charge in [0.05, 0.1) is 11.1 Å². The molecule has 2 aliphatic carbocycles. The molecule has 1 aromatic carbocycles. The number of hydrogen-bond donors (Lipinski definition) is 2. The van der Waals surface area contributed by atoms with Crippen molar-refractivity contribution in [1.29, 1.82) is 0 Å². The Morgan fingerprint density at radius 2 is 1.76 bits per heavy atom. The van der Waals surface area contributed by atoms with Crippen LogP contribution in [0.3, 0.4) is 0 Å². The van der Waals surface area contributed by atoms with Crippen molar-refractivity contribution in [2.24, 2.45) is 0 Å². The molecule has 2 aromatic heterocycles. The summed E-state index contributed by atoms with van der Waals surface area (Å²) in [5.41, 5.74) is 1.95. The van der Waals surface area contributed by atoms with Gasteiger partial charge in [0.1, 0.15) is 11.6 Å². The fraction of sp³-hybridized carbons (Fsp3) is 0.321. The number of amides is 1. The summed E-state index contributed by atoms with van der Waals surface area (Å²) in [5.74, 6) is 1.29. The summed E-state index contributed by atoms with van der Waals surface area (Å²) in [6.07, 6.45) is 5.78. The third-order valence-electron chi connectivity index (χ3n) is 6.43. The van der Waals surface area contributed by atoms with Gasteiger partial charge in [-0.25, -0.2) is 9.97 Å². The number of carbonyl (C=O) groups is 1. The number of alkyl halides is 3. The number of allylic oxidation sites excluding steroid dienone is 1. The zero-order chi connectivity index (χ0) is 25.8. The smallest absolute Gasteiger partial charge is 0.417 e. The second kappa shape index (κ2) is 10.6. The number of ether oxygens (including phenoxy) is 1. The third kappa shape index (κ3) is 6.87. The topological polar surface area (TPSA) is 76.1 Å². The number of pyridine rings is 2.